The van der Waals surface area contributed by atoms with Gasteiger partial charge in [0.15, 0.2) is 0 Å². The SMILES string of the molecule is COC(=O)c1cc(COC(=O)c2ccccc2OC)oc1C. The van der Waals surface area contributed by atoms with Crippen molar-refractivity contribution < 1.29 is 28.2 Å². The van der Waals surface area contributed by atoms with E-state index in [4.69, 9.17) is 13.9 Å². The van der Waals surface area contributed by atoms with Crippen molar-refractivity contribution in [3.8, 4) is 5.75 Å². The maximum Gasteiger partial charge on any atom is 0.342 e. The third-order valence-corrected chi connectivity index (χ3v) is 3.05. The normalized spacial score (nSPS) is 10.1. The van der Waals surface area contributed by atoms with Gasteiger partial charge in [0.25, 0.3) is 0 Å². The van der Waals surface area contributed by atoms with E-state index < -0.39 is 11.9 Å². The molecule has 0 unspecified atom stereocenters. The predicted molar refractivity (Wildman–Crippen MR) is 76.9 cm³/mol. The van der Waals surface area contributed by atoms with E-state index in [9.17, 15) is 9.59 Å². The van der Waals surface area contributed by atoms with Gasteiger partial charge in [-0.05, 0) is 25.1 Å². The highest BCUT2D eigenvalue weighted by Crippen LogP contribution is 2.20. The zero-order valence-electron chi connectivity index (χ0n) is 12.5. The van der Waals surface area contributed by atoms with Crippen molar-refractivity contribution in [3.05, 3.63) is 53.0 Å². The molecule has 6 nitrogen and oxygen atoms in total. The molecule has 2 rings (SSSR count). The van der Waals surface area contributed by atoms with Crippen LogP contribution in [0.3, 0.4) is 0 Å². The lowest BCUT2D eigenvalue weighted by Crippen LogP contribution is -2.06. The first-order valence-electron chi connectivity index (χ1n) is 6.54. The largest absolute Gasteiger partial charge is 0.496 e. The second-order valence-electron chi connectivity index (χ2n) is 4.45. The molecule has 0 fully saturated rings. The minimum Gasteiger partial charge on any atom is -0.496 e. The van der Waals surface area contributed by atoms with Crippen molar-refractivity contribution in [2.45, 2.75) is 13.5 Å². The van der Waals surface area contributed by atoms with Gasteiger partial charge in [0.05, 0.1) is 14.2 Å². The third-order valence-electron chi connectivity index (χ3n) is 3.05. The minimum atomic E-state index is -0.536. The van der Waals surface area contributed by atoms with Crippen molar-refractivity contribution in [2.24, 2.45) is 0 Å². The van der Waals surface area contributed by atoms with E-state index in [-0.39, 0.29) is 6.61 Å². The molecule has 0 bridgehead atoms. The molecule has 0 radical (unpaired) electrons. The Hall–Kier alpha value is -2.76. The number of carbonyl (C=O) groups is 2. The number of ether oxygens (including phenoxy) is 3. The Morgan fingerprint density at radius 2 is 1.82 bits per heavy atom. The van der Waals surface area contributed by atoms with E-state index in [1.165, 1.54) is 20.3 Å². The highest BCUT2D eigenvalue weighted by molar-refractivity contribution is 5.92. The standard InChI is InChI=1S/C16H16O6/c1-10-13(15(17)20-3)8-11(22-10)9-21-16(18)12-6-4-5-7-14(12)19-2/h4-8H,9H2,1-3H3. The number of hydrogen-bond acceptors (Lipinski definition) is 6. The van der Waals surface area contributed by atoms with Crippen LogP contribution in [0.5, 0.6) is 5.75 Å². The molecular weight excluding hydrogens is 288 g/mol. The van der Waals surface area contributed by atoms with E-state index in [2.05, 4.69) is 4.74 Å². The van der Waals surface area contributed by atoms with Crippen molar-refractivity contribution in [2.75, 3.05) is 14.2 Å². The number of esters is 2. The van der Waals surface area contributed by atoms with Gasteiger partial charge < -0.3 is 18.6 Å². The summed E-state index contributed by atoms with van der Waals surface area (Å²) < 4.78 is 20.3. The van der Waals surface area contributed by atoms with E-state index in [0.717, 1.165) is 0 Å². The van der Waals surface area contributed by atoms with Crippen LogP contribution in [0.2, 0.25) is 0 Å². The molecule has 1 aromatic carbocycles. The van der Waals surface area contributed by atoms with Gasteiger partial charge in [-0.25, -0.2) is 9.59 Å². The lowest BCUT2D eigenvalue weighted by molar-refractivity contribution is 0.0440. The molecule has 1 heterocycles. The number of para-hydroxylation sites is 1. The van der Waals surface area contributed by atoms with Crippen LogP contribution in [0.4, 0.5) is 0 Å². The molecule has 0 N–H and O–H groups in total. The van der Waals surface area contributed by atoms with Crippen molar-refractivity contribution in [1.82, 2.24) is 0 Å². The van der Waals surface area contributed by atoms with Crippen LogP contribution in [-0.2, 0) is 16.1 Å². The molecule has 1 aromatic heterocycles. The zero-order chi connectivity index (χ0) is 16.1. The number of rotatable bonds is 5. The Bertz CT molecular complexity index is 686. The van der Waals surface area contributed by atoms with Crippen LogP contribution in [0.1, 0.15) is 32.2 Å². The quantitative estimate of drug-likeness (QED) is 0.791. The molecule has 22 heavy (non-hydrogen) atoms. The van der Waals surface area contributed by atoms with E-state index in [1.807, 2.05) is 0 Å². The molecule has 116 valence electrons. The molecule has 0 saturated heterocycles. The van der Waals surface area contributed by atoms with Gasteiger partial charge in [-0.3, -0.25) is 0 Å². The number of carbonyl (C=O) groups excluding carboxylic acids is 2. The molecule has 0 atom stereocenters. The molecule has 0 saturated carbocycles. The smallest absolute Gasteiger partial charge is 0.342 e. The van der Waals surface area contributed by atoms with Gasteiger partial charge in [0.1, 0.15) is 35.0 Å². The summed E-state index contributed by atoms with van der Waals surface area (Å²) in [5.74, 6) is 0.171. The summed E-state index contributed by atoms with van der Waals surface area (Å²) in [5, 5.41) is 0. The zero-order valence-corrected chi connectivity index (χ0v) is 12.5. The fourth-order valence-electron chi connectivity index (χ4n) is 1.96. The lowest BCUT2D eigenvalue weighted by atomic mass is 10.2. The molecule has 0 amide bonds. The predicted octanol–water partition coefficient (Wildman–Crippen LogP) is 2.74. The van der Waals surface area contributed by atoms with Gasteiger partial charge in [-0.1, -0.05) is 12.1 Å². The molecule has 0 aliphatic rings. The fraction of sp³-hybridized carbons (Fsp3) is 0.250. The minimum absolute atomic E-state index is 0.0886. The van der Waals surface area contributed by atoms with Crippen molar-refractivity contribution in [3.63, 3.8) is 0 Å². The Labute approximate surface area is 127 Å². The first-order chi connectivity index (χ1) is 10.6. The summed E-state index contributed by atoms with van der Waals surface area (Å²) in [6.45, 7) is 1.55. The number of methoxy groups -OCH3 is 2. The summed E-state index contributed by atoms with van der Waals surface area (Å²) in [6.07, 6.45) is 0. The maximum absolute atomic E-state index is 12.0. The number of aryl methyl sites for hydroxylation is 1. The van der Waals surface area contributed by atoms with Crippen LogP contribution in [0.25, 0.3) is 0 Å². The maximum atomic E-state index is 12.0. The second kappa shape index (κ2) is 6.80. The van der Waals surface area contributed by atoms with E-state index in [1.54, 1.807) is 31.2 Å². The van der Waals surface area contributed by atoms with Gasteiger partial charge in [-0.2, -0.15) is 0 Å². The van der Waals surface area contributed by atoms with E-state index in [0.29, 0.717) is 28.4 Å². The van der Waals surface area contributed by atoms with Gasteiger partial charge >= 0.3 is 11.9 Å². The van der Waals surface area contributed by atoms with Gasteiger partial charge in [-0.15, -0.1) is 0 Å². The Morgan fingerprint density at radius 3 is 2.50 bits per heavy atom. The molecule has 2 aromatic rings. The summed E-state index contributed by atoms with van der Waals surface area (Å²) >= 11 is 0. The molecule has 0 aliphatic carbocycles. The van der Waals surface area contributed by atoms with Crippen LogP contribution in [0.15, 0.2) is 34.7 Å². The molecule has 6 heteroatoms. The average molecular weight is 304 g/mol. The first-order valence-corrected chi connectivity index (χ1v) is 6.54. The highest BCUT2D eigenvalue weighted by atomic mass is 16.5. The van der Waals surface area contributed by atoms with Crippen molar-refractivity contribution in [1.29, 1.82) is 0 Å². The monoisotopic (exact) mass is 304 g/mol. The van der Waals surface area contributed by atoms with Crippen molar-refractivity contribution >= 4 is 11.9 Å². The molecular formula is C16H16O6. The Balaban J connectivity index is 2.07. The van der Waals surface area contributed by atoms with Crippen LogP contribution in [-0.4, -0.2) is 26.2 Å². The summed E-state index contributed by atoms with van der Waals surface area (Å²) in [4.78, 5) is 23.5. The number of hydrogen-bond donors (Lipinski definition) is 0. The van der Waals surface area contributed by atoms with Crippen LogP contribution < -0.4 is 4.74 Å². The summed E-state index contributed by atoms with van der Waals surface area (Å²) in [5.41, 5.74) is 0.632. The third kappa shape index (κ3) is 3.28. The van der Waals surface area contributed by atoms with Gasteiger partial charge in [0.2, 0.25) is 0 Å². The highest BCUT2D eigenvalue weighted by Gasteiger charge is 2.18. The Morgan fingerprint density at radius 1 is 1.09 bits per heavy atom. The number of furan rings is 1. The molecule has 0 spiro atoms. The topological polar surface area (TPSA) is 75.0 Å². The van der Waals surface area contributed by atoms with Crippen LogP contribution in [0, 0.1) is 6.92 Å². The summed E-state index contributed by atoms with van der Waals surface area (Å²) in [7, 11) is 2.76. The molecule has 0 aliphatic heterocycles. The van der Waals surface area contributed by atoms with Gasteiger partial charge in [0, 0.05) is 0 Å². The Kier molecular flexibility index (Phi) is 4.83. The van der Waals surface area contributed by atoms with Crippen LogP contribution >= 0.6 is 0 Å². The average Bonchev–Trinajstić information content (AvgIpc) is 2.92. The lowest BCUT2D eigenvalue weighted by Gasteiger charge is -2.07. The number of benzene rings is 1. The van der Waals surface area contributed by atoms with E-state index >= 15 is 0 Å². The summed E-state index contributed by atoms with van der Waals surface area (Å²) in [6, 6.07) is 8.24. The first kappa shape index (κ1) is 15.6. The fourth-order valence-corrected chi connectivity index (χ4v) is 1.96. The second-order valence-corrected chi connectivity index (χ2v) is 4.45.